The number of methoxy groups -OCH3 is 1. The van der Waals surface area contributed by atoms with Crippen LogP contribution in [0.4, 0.5) is 0 Å². The number of nitrogens with one attached hydrogen (secondary N) is 1. The number of carbonyl (C=O) groups is 1. The SMILES string of the molecule is COC[C@@H](C)NC(=O)COc1ccccc1Cl. The van der Waals surface area contributed by atoms with Gasteiger partial charge in [-0.05, 0) is 19.1 Å². The van der Waals surface area contributed by atoms with Crippen LogP contribution < -0.4 is 10.1 Å². The summed E-state index contributed by atoms with van der Waals surface area (Å²) in [4.78, 5) is 11.5. The molecule has 0 bridgehead atoms. The Kier molecular flexibility index (Phi) is 5.80. The molecule has 1 aromatic carbocycles. The first-order valence-electron chi connectivity index (χ1n) is 5.29. The molecule has 0 fully saturated rings. The number of benzene rings is 1. The molecule has 1 N–H and O–H groups in total. The van der Waals surface area contributed by atoms with Crippen LogP contribution in [0.5, 0.6) is 5.75 Å². The van der Waals surface area contributed by atoms with Crippen LogP contribution in [0.2, 0.25) is 5.02 Å². The number of rotatable bonds is 6. The quantitative estimate of drug-likeness (QED) is 0.846. The van der Waals surface area contributed by atoms with Crippen molar-refractivity contribution in [1.29, 1.82) is 0 Å². The Labute approximate surface area is 106 Å². The van der Waals surface area contributed by atoms with Gasteiger partial charge >= 0.3 is 0 Å². The van der Waals surface area contributed by atoms with E-state index in [1.54, 1.807) is 31.4 Å². The van der Waals surface area contributed by atoms with E-state index in [2.05, 4.69) is 5.32 Å². The molecule has 0 heterocycles. The van der Waals surface area contributed by atoms with Crippen LogP contribution in [0, 0.1) is 0 Å². The van der Waals surface area contributed by atoms with Gasteiger partial charge in [0.05, 0.1) is 11.6 Å². The molecule has 0 saturated heterocycles. The first-order valence-corrected chi connectivity index (χ1v) is 5.67. The van der Waals surface area contributed by atoms with Crippen molar-refractivity contribution < 1.29 is 14.3 Å². The predicted molar refractivity (Wildman–Crippen MR) is 66.4 cm³/mol. The van der Waals surface area contributed by atoms with E-state index in [9.17, 15) is 4.79 Å². The zero-order chi connectivity index (χ0) is 12.7. The van der Waals surface area contributed by atoms with Gasteiger partial charge < -0.3 is 14.8 Å². The maximum Gasteiger partial charge on any atom is 0.258 e. The average Bonchev–Trinajstić information content (AvgIpc) is 2.28. The van der Waals surface area contributed by atoms with Crippen molar-refractivity contribution in [3.63, 3.8) is 0 Å². The summed E-state index contributed by atoms with van der Waals surface area (Å²) in [5, 5.41) is 3.23. The Morgan fingerprint density at radius 2 is 2.18 bits per heavy atom. The van der Waals surface area contributed by atoms with Crippen LogP contribution in [0.3, 0.4) is 0 Å². The van der Waals surface area contributed by atoms with Gasteiger partial charge in [0.25, 0.3) is 5.91 Å². The summed E-state index contributed by atoms with van der Waals surface area (Å²) >= 11 is 5.89. The van der Waals surface area contributed by atoms with Gasteiger partial charge in [-0.3, -0.25) is 4.79 Å². The molecular formula is C12H16ClNO3. The second-order valence-electron chi connectivity index (χ2n) is 3.64. The maximum atomic E-state index is 11.5. The molecule has 0 aliphatic rings. The highest BCUT2D eigenvalue weighted by atomic mass is 35.5. The number of amides is 1. The lowest BCUT2D eigenvalue weighted by Gasteiger charge is -2.13. The summed E-state index contributed by atoms with van der Waals surface area (Å²) in [6.45, 7) is 2.27. The minimum absolute atomic E-state index is 0.0395. The van der Waals surface area contributed by atoms with Gasteiger partial charge in [0.2, 0.25) is 0 Å². The zero-order valence-corrected chi connectivity index (χ0v) is 10.7. The molecule has 0 unspecified atom stereocenters. The van der Waals surface area contributed by atoms with Crippen molar-refractivity contribution in [3.8, 4) is 5.75 Å². The van der Waals surface area contributed by atoms with E-state index in [0.29, 0.717) is 17.4 Å². The number of hydrogen-bond donors (Lipinski definition) is 1. The van der Waals surface area contributed by atoms with Crippen LogP contribution >= 0.6 is 11.6 Å². The van der Waals surface area contributed by atoms with E-state index >= 15 is 0 Å². The summed E-state index contributed by atoms with van der Waals surface area (Å²) in [6, 6.07) is 6.99. The number of halogens is 1. The molecule has 5 heteroatoms. The molecule has 0 spiro atoms. The molecule has 1 atom stereocenters. The predicted octanol–water partition coefficient (Wildman–Crippen LogP) is 1.87. The maximum absolute atomic E-state index is 11.5. The van der Waals surface area contributed by atoms with E-state index in [1.165, 1.54) is 0 Å². The van der Waals surface area contributed by atoms with Crippen LogP contribution in [0.15, 0.2) is 24.3 Å². The Bertz CT molecular complexity index is 371. The van der Waals surface area contributed by atoms with Crippen molar-refractivity contribution in [2.45, 2.75) is 13.0 Å². The number of carbonyl (C=O) groups excluding carboxylic acids is 1. The van der Waals surface area contributed by atoms with Gasteiger partial charge in [0.1, 0.15) is 5.75 Å². The molecule has 0 aliphatic carbocycles. The van der Waals surface area contributed by atoms with Crippen LogP contribution in [-0.2, 0) is 9.53 Å². The van der Waals surface area contributed by atoms with Crippen LogP contribution in [0.25, 0.3) is 0 Å². The molecule has 1 amide bonds. The monoisotopic (exact) mass is 257 g/mol. The van der Waals surface area contributed by atoms with Gasteiger partial charge in [-0.15, -0.1) is 0 Å². The van der Waals surface area contributed by atoms with Gasteiger partial charge in [0.15, 0.2) is 6.61 Å². The Morgan fingerprint density at radius 3 is 2.82 bits per heavy atom. The Hall–Kier alpha value is -1.26. The standard InChI is InChI=1S/C12H16ClNO3/c1-9(7-16-2)14-12(15)8-17-11-6-4-3-5-10(11)13/h3-6,9H,7-8H2,1-2H3,(H,14,15)/t9-/m1/s1. The molecule has 0 aromatic heterocycles. The third-order valence-corrected chi connectivity index (χ3v) is 2.33. The van der Waals surface area contributed by atoms with E-state index in [-0.39, 0.29) is 18.6 Å². The summed E-state index contributed by atoms with van der Waals surface area (Å²) in [5.74, 6) is 0.304. The molecule has 17 heavy (non-hydrogen) atoms. The second kappa shape index (κ2) is 7.14. The highest BCUT2D eigenvalue weighted by Gasteiger charge is 2.08. The van der Waals surface area contributed by atoms with Crippen LogP contribution in [0.1, 0.15) is 6.92 Å². The fourth-order valence-electron chi connectivity index (χ4n) is 1.31. The molecule has 4 nitrogen and oxygen atoms in total. The first-order chi connectivity index (χ1) is 8.13. The number of para-hydroxylation sites is 1. The molecule has 0 saturated carbocycles. The summed E-state index contributed by atoms with van der Waals surface area (Å²) in [5.41, 5.74) is 0. The summed E-state index contributed by atoms with van der Waals surface area (Å²) < 4.78 is 10.2. The topological polar surface area (TPSA) is 47.6 Å². The highest BCUT2D eigenvalue weighted by molar-refractivity contribution is 6.32. The van der Waals surface area contributed by atoms with Gasteiger partial charge in [-0.1, -0.05) is 23.7 Å². The van der Waals surface area contributed by atoms with Crippen LogP contribution in [-0.4, -0.2) is 32.3 Å². The minimum Gasteiger partial charge on any atom is -0.482 e. The molecule has 1 aromatic rings. The normalized spacial score (nSPS) is 11.9. The zero-order valence-electron chi connectivity index (χ0n) is 9.90. The number of hydrogen-bond acceptors (Lipinski definition) is 3. The second-order valence-corrected chi connectivity index (χ2v) is 4.05. The Morgan fingerprint density at radius 1 is 1.47 bits per heavy atom. The Balaban J connectivity index is 2.36. The van der Waals surface area contributed by atoms with E-state index in [0.717, 1.165) is 0 Å². The third kappa shape index (κ3) is 5.06. The third-order valence-electron chi connectivity index (χ3n) is 2.02. The highest BCUT2D eigenvalue weighted by Crippen LogP contribution is 2.22. The van der Waals surface area contributed by atoms with Crippen molar-refractivity contribution in [3.05, 3.63) is 29.3 Å². The lowest BCUT2D eigenvalue weighted by molar-refractivity contribution is -0.124. The van der Waals surface area contributed by atoms with Crippen molar-refractivity contribution in [1.82, 2.24) is 5.32 Å². The lowest BCUT2D eigenvalue weighted by Crippen LogP contribution is -2.38. The molecule has 0 aliphatic heterocycles. The minimum atomic E-state index is -0.200. The largest absolute Gasteiger partial charge is 0.482 e. The lowest BCUT2D eigenvalue weighted by atomic mass is 10.3. The molecular weight excluding hydrogens is 242 g/mol. The fourth-order valence-corrected chi connectivity index (χ4v) is 1.50. The first kappa shape index (κ1) is 13.8. The van der Waals surface area contributed by atoms with Crippen molar-refractivity contribution in [2.75, 3.05) is 20.3 Å². The smallest absolute Gasteiger partial charge is 0.258 e. The molecule has 94 valence electrons. The summed E-state index contributed by atoms with van der Waals surface area (Å²) in [6.07, 6.45) is 0. The average molecular weight is 258 g/mol. The van der Waals surface area contributed by atoms with E-state index in [4.69, 9.17) is 21.1 Å². The van der Waals surface area contributed by atoms with Gasteiger partial charge in [0, 0.05) is 13.2 Å². The van der Waals surface area contributed by atoms with Crippen molar-refractivity contribution >= 4 is 17.5 Å². The van der Waals surface area contributed by atoms with Gasteiger partial charge in [-0.25, -0.2) is 0 Å². The van der Waals surface area contributed by atoms with Crippen molar-refractivity contribution in [2.24, 2.45) is 0 Å². The van der Waals surface area contributed by atoms with E-state index < -0.39 is 0 Å². The van der Waals surface area contributed by atoms with E-state index in [1.807, 2.05) is 6.92 Å². The molecule has 1 rings (SSSR count). The number of ether oxygens (including phenoxy) is 2. The fraction of sp³-hybridized carbons (Fsp3) is 0.417. The summed E-state index contributed by atoms with van der Waals surface area (Å²) in [7, 11) is 1.59. The molecule has 0 radical (unpaired) electrons. The van der Waals surface area contributed by atoms with Gasteiger partial charge in [-0.2, -0.15) is 0 Å².